The molecule has 1 N–H and O–H groups in total. The molecule has 0 spiro atoms. The van der Waals surface area contributed by atoms with Gasteiger partial charge in [0.2, 0.25) is 0 Å². The molecule has 5 heteroatoms. The Morgan fingerprint density at radius 1 is 1.18 bits per heavy atom. The predicted octanol–water partition coefficient (Wildman–Crippen LogP) is 3.90. The zero-order valence-electron chi connectivity index (χ0n) is 11.4. The highest BCUT2D eigenvalue weighted by atomic mass is 32.2. The summed E-state index contributed by atoms with van der Waals surface area (Å²) in [6, 6.07) is 10.8. The van der Waals surface area contributed by atoms with Crippen LogP contribution in [0.25, 0.3) is 6.08 Å². The van der Waals surface area contributed by atoms with Crippen LogP contribution in [0.4, 0.5) is 4.39 Å². The second-order valence-electron chi connectivity index (χ2n) is 4.83. The van der Waals surface area contributed by atoms with Gasteiger partial charge in [-0.2, -0.15) is 0 Å². The number of hydrogen-bond acceptors (Lipinski definition) is 3. The highest BCUT2D eigenvalue weighted by Crippen LogP contribution is 2.35. The second kappa shape index (κ2) is 5.77. The van der Waals surface area contributed by atoms with Crippen molar-refractivity contribution in [1.82, 2.24) is 0 Å². The molecule has 3 rings (SSSR count). The van der Waals surface area contributed by atoms with E-state index in [0.717, 1.165) is 5.56 Å². The molecule has 1 aliphatic rings. The number of carbonyl (C=O) groups is 2. The smallest absolute Gasteiger partial charge is 0.335 e. The second-order valence-corrected chi connectivity index (χ2v) is 5.82. The van der Waals surface area contributed by atoms with Gasteiger partial charge < -0.3 is 5.11 Å². The highest BCUT2D eigenvalue weighted by Gasteiger charge is 2.24. The van der Waals surface area contributed by atoms with Crippen LogP contribution in [0.5, 0.6) is 0 Å². The first-order valence-corrected chi connectivity index (χ1v) is 7.55. The monoisotopic (exact) mass is 314 g/mol. The van der Waals surface area contributed by atoms with E-state index in [1.165, 1.54) is 36.0 Å². The molecule has 1 aliphatic heterocycles. The normalized spacial score (nSPS) is 15.7. The van der Waals surface area contributed by atoms with Gasteiger partial charge >= 0.3 is 5.97 Å². The van der Waals surface area contributed by atoms with Gasteiger partial charge in [-0.25, -0.2) is 9.18 Å². The third kappa shape index (κ3) is 2.67. The summed E-state index contributed by atoms with van der Waals surface area (Å²) in [5.41, 5.74) is 1.89. The molecule has 0 unspecified atom stereocenters. The number of ketones is 1. The number of halogens is 1. The Morgan fingerprint density at radius 2 is 1.91 bits per heavy atom. The van der Waals surface area contributed by atoms with Gasteiger partial charge in [0.05, 0.1) is 10.5 Å². The van der Waals surface area contributed by atoms with Crippen molar-refractivity contribution in [3.8, 4) is 0 Å². The molecule has 2 aromatic rings. The van der Waals surface area contributed by atoms with Crippen LogP contribution in [0.3, 0.4) is 0 Å². The van der Waals surface area contributed by atoms with Gasteiger partial charge in [-0.15, -0.1) is 11.8 Å². The summed E-state index contributed by atoms with van der Waals surface area (Å²) in [4.78, 5) is 23.6. The summed E-state index contributed by atoms with van der Waals surface area (Å²) >= 11 is 1.30. The Bertz CT molecular complexity index is 794. The van der Waals surface area contributed by atoms with Gasteiger partial charge in [0.1, 0.15) is 5.82 Å². The molecule has 0 aromatic heterocycles. The Balaban J connectivity index is 1.93. The summed E-state index contributed by atoms with van der Waals surface area (Å²) in [5.74, 6) is -1.16. The average molecular weight is 314 g/mol. The molecule has 1 heterocycles. The molecule has 0 radical (unpaired) electrons. The minimum atomic E-state index is -0.993. The van der Waals surface area contributed by atoms with E-state index in [1.54, 1.807) is 24.3 Å². The maximum absolute atomic E-state index is 13.7. The fraction of sp³-hybridized carbons (Fsp3) is 0.0588. The van der Waals surface area contributed by atoms with Gasteiger partial charge in [0, 0.05) is 16.9 Å². The van der Waals surface area contributed by atoms with Gasteiger partial charge in [-0.05, 0) is 35.9 Å². The molecule has 0 bridgehead atoms. The number of carboxylic acid groups (broad SMARTS) is 1. The van der Waals surface area contributed by atoms with E-state index < -0.39 is 5.97 Å². The number of fused-ring (bicyclic) bond motifs is 1. The Morgan fingerprint density at radius 3 is 2.59 bits per heavy atom. The quantitative estimate of drug-likeness (QED) is 0.854. The van der Waals surface area contributed by atoms with E-state index in [0.29, 0.717) is 21.8 Å². The van der Waals surface area contributed by atoms with E-state index in [4.69, 9.17) is 5.11 Å². The lowest BCUT2D eigenvalue weighted by molar-refractivity contribution is 0.0696. The van der Waals surface area contributed by atoms with E-state index in [-0.39, 0.29) is 17.2 Å². The number of hydrogen-bond donors (Lipinski definition) is 1. The lowest BCUT2D eigenvalue weighted by Gasteiger charge is -2.17. The molecule has 2 aromatic carbocycles. The zero-order valence-corrected chi connectivity index (χ0v) is 12.2. The summed E-state index contributed by atoms with van der Waals surface area (Å²) in [6.07, 6.45) is 1.72. The fourth-order valence-electron chi connectivity index (χ4n) is 2.25. The number of carbonyl (C=O) groups excluding carboxylic acids is 1. The van der Waals surface area contributed by atoms with Crippen molar-refractivity contribution in [2.45, 2.75) is 4.90 Å². The molecular formula is C17H11FO3S. The van der Waals surface area contributed by atoms with Crippen molar-refractivity contribution in [3.05, 3.63) is 70.5 Å². The third-order valence-corrected chi connectivity index (χ3v) is 4.53. The maximum atomic E-state index is 13.7. The lowest BCUT2D eigenvalue weighted by atomic mass is 10.0. The van der Waals surface area contributed by atoms with Crippen LogP contribution < -0.4 is 0 Å². The largest absolute Gasteiger partial charge is 0.478 e. The van der Waals surface area contributed by atoms with E-state index in [2.05, 4.69) is 0 Å². The summed E-state index contributed by atoms with van der Waals surface area (Å²) < 4.78 is 13.7. The minimum absolute atomic E-state index is 0.185. The number of benzene rings is 2. The molecule has 0 aliphatic carbocycles. The van der Waals surface area contributed by atoms with Crippen molar-refractivity contribution in [1.29, 1.82) is 0 Å². The van der Waals surface area contributed by atoms with Crippen LogP contribution in [0.1, 0.15) is 26.3 Å². The molecular weight excluding hydrogens is 303 g/mol. The van der Waals surface area contributed by atoms with Crippen LogP contribution >= 0.6 is 11.8 Å². The van der Waals surface area contributed by atoms with Gasteiger partial charge in [0.25, 0.3) is 0 Å². The topological polar surface area (TPSA) is 54.4 Å². The van der Waals surface area contributed by atoms with Crippen LogP contribution in [0.15, 0.2) is 52.9 Å². The van der Waals surface area contributed by atoms with Gasteiger partial charge in [-0.3, -0.25) is 4.79 Å². The highest BCUT2D eigenvalue weighted by molar-refractivity contribution is 7.99. The van der Waals surface area contributed by atoms with Crippen LogP contribution in [0.2, 0.25) is 0 Å². The first kappa shape index (κ1) is 14.5. The number of Topliss-reactive ketones (excluding diaryl/α,β-unsaturated/α-hetero) is 1. The average Bonchev–Trinajstić information content (AvgIpc) is 2.51. The van der Waals surface area contributed by atoms with E-state index in [1.807, 2.05) is 0 Å². The number of rotatable bonds is 2. The number of carboxylic acids is 1. The van der Waals surface area contributed by atoms with E-state index >= 15 is 0 Å². The first-order chi connectivity index (χ1) is 10.6. The Hall–Kier alpha value is -2.40. The van der Waals surface area contributed by atoms with Crippen molar-refractivity contribution in [2.24, 2.45) is 0 Å². The fourth-order valence-corrected chi connectivity index (χ4v) is 3.29. The summed E-state index contributed by atoms with van der Waals surface area (Å²) in [5, 5.41) is 8.87. The molecule has 0 amide bonds. The van der Waals surface area contributed by atoms with Gasteiger partial charge in [-0.1, -0.05) is 18.2 Å². The molecule has 0 saturated carbocycles. The SMILES string of the molecule is O=C(O)c1ccc(/C=C2/CSc3c(F)cccc3C2=O)cc1. The third-order valence-electron chi connectivity index (χ3n) is 3.37. The van der Waals surface area contributed by atoms with Crippen molar-refractivity contribution >= 4 is 29.6 Å². The predicted molar refractivity (Wildman–Crippen MR) is 82.8 cm³/mol. The molecule has 0 saturated heterocycles. The standard InChI is InChI=1S/C17H11FO3S/c18-14-3-1-2-13-15(19)12(9-22-16(13)14)8-10-4-6-11(7-5-10)17(20)21/h1-8H,9H2,(H,20,21)/b12-8-. The summed E-state index contributed by atoms with van der Waals surface area (Å²) in [7, 11) is 0. The van der Waals surface area contributed by atoms with Gasteiger partial charge in [0.15, 0.2) is 5.78 Å². The van der Waals surface area contributed by atoms with Crippen LogP contribution in [-0.2, 0) is 0 Å². The summed E-state index contributed by atoms with van der Waals surface area (Å²) in [6.45, 7) is 0. The molecule has 22 heavy (non-hydrogen) atoms. The Kier molecular flexibility index (Phi) is 3.81. The first-order valence-electron chi connectivity index (χ1n) is 6.56. The minimum Gasteiger partial charge on any atom is -0.478 e. The number of thioether (sulfide) groups is 1. The molecule has 0 atom stereocenters. The van der Waals surface area contributed by atoms with Crippen molar-refractivity contribution in [3.63, 3.8) is 0 Å². The number of aromatic carboxylic acids is 1. The van der Waals surface area contributed by atoms with Crippen molar-refractivity contribution in [2.75, 3.05) is 5.75 Å². The lowest BCUT2D eigenvalue weighted by Crippen LogP contribution is -2.13. The maximum Gasteiger partial charge on any atom is 0.335 e. The molecule has 0 fully saturated rings. The van der Waals surface area contributed by atoms with Crippen LogP contribution in [-0.4, -0.2) is 22.6 Å². The van der Waals surface area contributed by atoms with E-state index in [9.17, 15) is 14.0 Å². The van der Waals surface area contributed by atoms with Crippen molar-refractivity contribution < 1.29 is 19.1 Å². The zero-order chi connectivity index (χ0) is 15.7. The molecule has 110 valence electrons. The van der Waals surface area contributed by atoms with Crippen LogP contribution in [0, 0.1) is 5.82 Å². The Labute approximate surface area is 130 Å². The molecule has 3 nitrogen and oxygen atoms in total.